The number of aliphatic carboxylic acids is 1. The van der Waals surface area contributed by atoms with Crippen molar-refractivity contribution in [3.63, 3.8) is 0 Å². The molecular formula is C32H30N6O9S. The van der Waals surface area contributed by atoms with Gasteiger partial charge in [0.25, 0.3) is 5.91 Å². The normalized spacial score (nSPS) is 11.6. The summed E-state index contributed by atoms with van der Waals surface area (Å²) in [5, 5.41) is 22.3. The van der Waals surface area contributed by atoms with Gasteiger partial charge in [-0.25, -0.2) is 28.6 Å². The van der Waals surface area contributed by atoms with E-state index < -0.39 is 39.3 Å². The van der Waals surface area contributed by atoms with Crippen LogP contribution in [0.25, 0.3) is 44.5 Å². The van der Waals surface area contributed by atoms with Crippen LogP contribution in [0, 0.1) is 0 Å². The van der Waals surface area contributed by atoms with E-state index in [0.29, 0.717) is 22.7 Å². The first-order valence-corrected chi connectivity index (χ1v) is 15.9. The summed E-state index contributed by atoms with van der Waals surface area (Å²) in [5.41, 5.74) is 8.03. The Hall–Kier alpha value is -5.87. The first-order valence-electron chi connectivity index (χ1n) is 14.3. The van der Waals surface area contributed by atoms with Crippen LogP contribution in [-0.4, -0.2) is 63.1 Å². The maximum absolute atomic E-state index is 13.3. The molecule has 0 saturated heterocycles. The lowest BCUT2D eigenvalue weighted by atomic mass is 9.99. The van der Waals surface area contributed by atoms with Crippen LogP contribution in [0.1, 0.15) is 36.9 Å². The lowest BCUT2D eigenvalue weighted by Gasteiger charge is -2.20. The first kappa shape index (κ1) is 33.5. The molecule has 15 nitrogen and oxygen atoms in total. The molecule has 2 amide bonds. The molecule has 0 saturated carbocycles. The topological polar surface area (TPSA) is 223 Å². The fourth-order valence-electron chi connectivity index (χ4n) is 4.54. The van der Waals surface area contributed by atoms with Crippen LogP contribution in [0.2, 0.25) is 0 Å². The van der Waals surface area contributed by atoms with E-state index in [0.717, 1.165) is 16.7 Å². The molecule has 0 spiro atoms. The van der Waals surface area contributed by atoms with Gasteiger partial charge in [-0.1, -0.05) is 53.7 Å². The molecule has 0 atom stereocenters. The van der Waals surface area contributed by atoms with E-state index in [4.69, 9.17) is 14.4 Å². The van der Waals surface area contributed by atoms with Crippen molar-refractivity contribution in [2.75, 3.05) is 10.5 Å². The molecular weight excluding hydrogens is 644 g/mol. The second kappa shape index (κ2) is 13.5. The number of anilines is 1. The van der Waals surface area contributed by atoms with Crippen molar-refractivity contribution in [2.45, 2.75) is 33.0 Å². The number of benzene rings is 2. The number of ether oxygens (including phenoxy) is 1. The van der Waals surface area contributed by atoms with E-state index in [1.54, 1.807) is 39.0 Å². The molecule has 0 unspecified atom stereocenters. The third-order valence-electron chi connectivity index (χ3n) is 6.60. The van der Waals surface area contributed by atoms with Crippen molar-refractivity contribution < 1.29 is 42.3 Å². The molecule has 3 aromatic heterocycles. The predicted octanol–water partition coefficient (Wildman–Crippen LogP) is 4.11. The highest BCUT2D eigenvalue weighted by Gasteiger charge is 2.21. The molecule has 48 heavy (non-hydrogen) atoms. The lowest BCUT2D eigenvalue weighted by molar-refractivity contribution is -0.134. The molecule has 0 fully saturated rings. The molecule has 5 rings (SSSR count). The molecule has 0 aliphatic carbocycles. The number of hydrogen-bond donors (Lipinski definition) is 5. The largest absolute Gasteiger partial charge is 0.480 e. The SMILES string of the molecule is CC(C)(C)OC(=O)NNC(=O)c1cc(-c2ccc(-c3ccc(-c4cc(CO)on4)cc3)cc2)nc2cc(NS(=O)(=O)CC(=O)O)ncc12. The van der Waals surface area contributed by atoms with Crippen molar-refractivity contribution in [1.82, 2.24) is 26.0 Å². The molecule has 0 aliphatic rings. The minimum atomic E-state index is -4.27. The number of carbonyl (C=O) groups excluding carboxylic acids is 2. The summed E-state index contributed by atoms with van der Waals surface area (Å²) in [6.07, 6.45) is 0.325. The number of rotatable bonds is 9. The van der Waals surface area contributed by atoms with Crippen LogP contribution in [0.4, 0.5) is 10.6 Å². The molecule has 16 heteroatoms. The zero-order chi connectivity index (χ0) is 34.6. The number of carboxylic acids is 1. The summed E-state index contributed by atoms with van der Waals surface area (Å²) in [6, 6.07) is 19.3. The number of nitrogens with zero attached hydrogens (tertiary/aromatic N) is 3. The van der Waals surface area contributed by atoms with Crippen molar-refractivity contribution in [3.8, 4) is 33.6 Å². The van der Waals surface area contributed by atoms with E-state index in [2.05, 4.69) is 30.7 Å². The predicted molar refractivity (Wildman–Crippen MR) is 174 cm³/mol. The molecule has 3 heterocycles. The highest BCUT2D eigenvalue weighted by molar-refractivity contribution is 7.93. The second-order valence-electron chi connectivity index (χ2n) is 11.5. The Bertz CT molecular complexity index is 2110. The number of aliphatic hydroxyl groups excluding tert-OH is 1. The van der Waals surface area contributed by atoms with Crippen LogP contribution in [0.3, 0.4) is 0 Å². The smallest absolute Gasteiger partial charge is 0.426 e. The minimum absolute atomic E-state index is 0.0513. The van der Waals surface area contributed by atoms with E-state index in [1.165, 1.54) is 18.3 Å². The number of sulfonamides is 1. The van der Waals surface area contributed by atoms with Gasteiger partial charge in [0.1, 0.15) is 23.7 Å². The van der Waals surface area contributed by atoms with Crippen molar-refractivity contribution in [3.05, 3.63) is 84.3 Å². The van der Waals surface area contributed by atoms with Gasteiger partial charge in [-0.05, 0) is 38.0 Å². The van der Waals surface area contributed by atoms with Gasteiger partial charge >= 0.3 is 12.1 Å². The maximum atomic E-state index is 13.3. The Kier molecular flexibility index (Phi) is 9.40. The summed E-state index contributed by atoms with van der Waals surface area (Å²) in [7, 11) is -4.27. The van der Waals surface area contributed by atoms with Gasteiger partial charge in [-0.15, -0.1) is 0 Å². The summed E-state index contributed by atoms with van der Waals surface area (Å²) in [6.45, 7) is 4.75. The van der Waals surface area contributed by atoms with Gasteiger partial charge < -0.3 is 19.5 Å². The standard InChI is InChI=1S/C32H30N6O9S/c1-32(2,3)46-31(43)36-35-30(42)23-13-25(34-27-14-28(33-15-24(23)27)38-48(44,45)17-29(40)41)20-8-4-18(5-9-20)19-6-10-21(11-7-19)26-12-22(16-39)47-37-26/h4-15,39H,16-17H2,1-3H3,(H,33,38)(H,35,42)(H,36,43)(H,40,41). The molecule has 5 aromatic rings. The lowest BCUT2D eigenvalue weighted by Crippen LogP contribution is -2.44. The second-order valence-corrected chi connectivity index (χ2v) is 13.2. The number of hydrazine groups is 1. The zero-order valence-corrected chi connectivity index (χ0v) is 26.7. The molecule has 0 aliphatic heterocycles. The number of carbonyl (C=O) groups is 3. The number of amides is 2. The number of fused-ring (bicyclic) bond motifs is 1. The summed E-state index contributed by atoms with van der Waals surface area (Å²) in [4.78, 5) is 45.1. The fourth-order valence-corrected chi connectivity index (χ4v) is 5.37. The van der Waals surface area contributed by atoms with Crippen LogP contribution in [-0.2, 0) is 26.2 Å². The van der Waals surface area contributed by atoms with Crippen LogP contribution >= 0.6 is 0 Å². The highest BCUT2D eigenvalue weighted by atomic mass is 32.2. The molecule has 0 bridgehead atoms. The van der Waals surface area contributed by atoms with Crippen molar-refractivity contribution in [2.24, 2.45) is 0 Å². The number of pyridine rings is 2. The Morgan fingerprint density at radius 2 is 1.48 bits per heavy atom. The van der Waals surface area contributed by atoms with E-state index in [9.17, 15) is 27.9 Å². The molecule has 248 valence electrons. The highest BCUT2D eigenvalue weighted by Crippen LogP contribution is 2.30. The maximum Gasteiger partial charge on any atom is 0.426 e. The molecule has 5 N–H and O–H groups in total. The number of aliphatic hydroxyl groups is 1. The Labute approximate surface area is 274 Å². The number of hydrogen-bond acceptors (Lipinski definition) is 11. The van der Waals surface area contributed by atoms with E-state index >= 15 is 0 Å². The average molecular weight is 675 g/mol. The molecule has 2 aromatic carbocycles. The third kappa shape index (κ3) is 8.28. The van der Waals surface area contributed by atoms with Crippen molar-refractivity contribution in [1.29, 1.82) is 0 Å². The van der Waals surface area contributed by atoms with Gasteiger partial charge in [0.15, 0.2) is 11.5 Å². The monoisotopic (exact) mass is 674 g/mol. The zero-order valence-electron chi connectivity index (χ0n) is 25.8. The number of carboxylic acid groups (broad SMARTS) is 1. The van der Waals surface area contributed by atoms with Gasteiger partial charge in [0, 0.05) is 34.8 Å². The van der Waals surface area contributed by atoms with Crippen LogP contribution in [0.5, 0.6) is 0 Å². The molecule has 0 radical (unpaired) electrons. The number of aromatic nitrogens is 3. The van der Waals surface area contributed by atoms with Gasteiger partial charge in [0.2, 0.25) is 10.0 Å². The Morgan fingerprint density at radius 3 is 2.04 bits per heavy atom. The van der Waals surface area contributed by atoms with Gasteiger partial charge in [-0.2, -0.15) is 0 Å². The minimum Gasteiger partial charge on any atom is -0.480 e. The quantitative estimate of drug-likeness (QED) is 0.139. The first-order chi connectivity index (χ1) is 22.7. The van der Waals surface area contributed by atoms with Crippen LogP contribution < -0.4 is 15.6 Å². The average Bonchev–Trinajstić information content (AvgIpc) is 3.51. The Balaban J connectivity index is 1.46. The van der Waals surface area contributed by atoms with Crippen molar-refractivity contribution >= 4 is 44.7 Å². The van der Waals surface area contributed by atoms with E-state index in [1.807, 2.05) is 36.4 Å². The summed E-state index contributed by atoms with van der Waals surface area (Å²) < 4.78 is 36.8. The van der Waals surface area contributed by atoms with Crippen LogP contribution in [0.15, 0.2) is 77.4 Å². The van der Waals surface area contributed by atoms with Gasteiger partial charge in [-0.3, -0.25) is 19.7 Å². The Morgan fingerprint density at radius 1 is 0.875 bits per heavy atom. The summed E-state index contributed by atoms with van der Waals surface area (Å²) >= 11 is 0. The van der Waals surface area contributed by atoms with E-state index in [-0.39, 0.29) is 28.9 Å². The number of nitrogens with one attached hydrogen (secondary N) is 3. The summed E-state index contributed by atoms with van der Waals surface area (Å²) in [5.74, 6) is -3.30. The third-order valence-corrected chi connectivity index (χ3v) is 7.75. The van der Waals surface area contributed by atoms with Gasteiger partial charge in [0.05, 0.1) is 16.8 Å². The fraction of sp³-hybridized carbons (Fsp3) is 0.188.